The monoisotopic (exact) mass is 396 g/mol. The van der Waals surface area contributed by atoms with Crippen LogP contribution in [-0.2, 0) is 27.9 Å². The third-order valence-electron chi connectivity index (χ3n) is 4.24. The number of sulfonamides is 1. The fourth-order valence-electron chi connectivity index (χ4n) is 2.75. The van der Waals surface area contributed by atoms with Gasteiger partial charge in [0.15, 0.2) is 0 Å². The Balaban J connectivity index is 1.77. The number of thiophene rings is 1. The molecule has 0 atom stereocenters. The minimum Gasteiger partial charge on any atom is -0.332 e. The number of carbonyl (C=O) groups is 1. The molecule has 0 unspecified atom stereocenters. The molecular weight excluding hydrogens is 375 g/mol. The Bertz CT molecular complexity index is 847. The van der Waals surface area contributed by atoms with Crippen molar-refractivity contribution < 1.29 is 17.6 Å². The first-order valence-corrected chi connectivity index (χ1v) is 11.1. The molecule has 1 aliphatic carbocycles. The van der Waals surface area contributed by atoms with Crippen molar-refractivity contribution in [1.29, 1.82) is 0 Å². The molecule has 0 saturated heterocycles. The van der Waals surface area contributed by atoms with E-state index < -0.39 is 10.0 Å². The molecule has 3 rings (SSSR count). The Kier molecular flexibility index (Phi) is 5.74. The molecule has 1 aliphatic rings. The molecular formula is C18H21FN2O3S2. The predicted molar refractivity (Wildman–Crippen MR) is 99.5 cm³/mol. The van der Waals surface area contributed by atoms with Crippen LogP contribution in [0.1, 0.15) is 23.3 Å². The lowest BCUT2D eigenvalue weighted by molar-refractivity contribution is -0.132. The molecule has 1 aromatic heterocycles. The van der Waals surface area contributed by atoms with Crippen LogP contribution < -0.4 is 0 Å². The van der Waals surface area contributed by atoms with E-state index in [9.17, 15) is 17.6 Å². The number of nitrogens with zero attached hydrogens (tertiary/aromatic N) is 2. The fourth-order valence-corrected chi connectivity index (χ4v) is 4.56. The molecule has 0 bridgehead atoms. The number of amides is 1. The predicted octanol–water partition coefficient (Wildman–Crippen LogP) is 2.84. The van der Waals surface area contributed by atoms with Gasteiger partial charge in [-0.1, -0.05) is 18.2 Å². The minimum atomic E-state index is -3.43. The highest BCUT2D eigenvalue weighted by molar-refractivity contribution is 7.88. The molecule has 0 radical (unpaired) electrons. The summed E-state index contributed by atoms with van der Waals surface area (Å²) in [5.74, 6) is -0.582. The Morgan fingerprint density at radius 3 is 2.42 bits per heavy atom. The molecule has 1 amide bonds. The van der Waals surface area contributed by atoms with E-state index in [2.05, 4.69) is 0 Å². The standard InChI is InChI=1S/C18H21FN2O3S2/c1-26(23,24)21(16-8-9-16)13-18(22)20(12-17-3-2-10-25-17)11-14-4-6-15(19)7-5-14/h2-7,10,16H,8-9,11-13H2,1H3. The third kappa shape index (κ3) is 5.12. The van der Waals surface area contributed by atoms with Crippen molar-refractivity contribution in [3.8, 4) is 0 Å². The Morgan fingerprint density at radius 2 is 1.88 bits per heavy atom. The molecule has 1 fully saturated rings. The van der Waals surface area contributed by atoms with Gasteiger partial charge >= 0.3 is 0 Å². The summed E-state index contributed by atoms with van der Waals surface area (Å²) in [7, 11) is -3.43. The molecule has 2 aromatic rings. The third-order valence-corrected chi connectivity index (χ3v) is 6.38. The van der Waals surface area contributed by atoms with E-state index in [1.807, 2.05) is 17.5 Å². The van der Waals surface area contributed by atoms with Gasteiger partial charge in [0.1, 0.15) is 5.82 Å². The number of carbonyl (C=O) groups excluding carboxylic acids is 1. The molecule has 26 heavy (non-hydrogen) atoms. The largest absolute Gasteiger partial charge is 0.332 e. The normalized spacial score (nSPS) is 14.6. The van der Waals surface area contributed by atoms with E-state index in [-0.39, 0.29) is 24.3 Å². The maximum absolute atomic E-state index is 13.1. The summed E-state index contributed by atoms with van der Waals surface area (Å²) in [5, 5.41) is 1.93. The topological polar surface area (TPSA) is 57.7 Å². The molecule has 0 spiro atoms. The van der Waals surface area contributed by atoms with Crippen molar-refractivity contribution in [3.63, 3.8) is 0 Å². The van der Waals surface area contributed by atoms with Gasteiger partial charge in [-0.25, -0.2) is 12.8 Å². The van der Waals surface area contributed by atoms with Crippen LogP contribution in [0.5, 0.6) is 0 Å². The smallest absolute Gasteiger partial charge is 0.238 e. The first kappa shape index (κ1) is 19.0. The van der Waals surface area contributed by atoms with Gasteiger partial charge in [-0.05, 0) is 42.0 Å². The van der Waals surface area contributed by atoms with Gasteiger partial charge in [0.05, 0.1) is 19.3 Å². The number of hydrogen-bond donors (Lipinski definition) is 0. The lowest BCUT2D eigenvalue weighted by atomic mass is 10.2. The van der Waals surface area contributed by atoms with E-state index in [1.165, 1.54) is 27.8 Å². The van der Waals surface area contributed by atoms with Gasteiger partial charge in [-0.2, -0.15) is 4.31 Å². The molecule has 0 aliphatic heterocycles. The zero-order chi connectivity index (χ0) is 18.7. The van der Waals surface area contributed by atoms with Gasteiger partial charge in [-0.15, -0.1) is 11.3 Å². The van der Waals surface area contributed by atoms with Crippen LogP contribution in [0.15, 0.2) is 41.8 Å². The maximum Gasteiger partial charge on any atom is 0.238 e. The van der Waals surface area contributed by atoms with Crippen LogP contribution in [0.2, 0.25) is 0 Å². The second-order valence-electron chi connectivity index (χ2n) is 6.50. The van der Waals surface area contributed by atoms with E-state index >= 15 is 0 Å². The molecule has 140 valence electrons. The van der Waals surface area contributed by atoms with Gasteiger partial charge in [0.2, 0.25) is 15.9 Å². The van der Waals surface area contributed by atoms with E-state index in [1.54, 1.807) is 17.0 Å². The second kappa shape index (κ2) is 7.85. The van der Waals surface area contributed by atoms with Crippen molar-refractivity contribution in [2.24, 2.45) is 0 Å². The summed E-state index contributed by atoms with van der Waals surface area (Å²) in [6, 6.07) is 9.77. The average Bonchev–Trinajstić information content (AvgIpc) is 3.28. The summed E-state index contributed by atoms with van der Waals surface area (Å²) < 4.78 is 38.4. The molecule has 0 N–H and O–H groups in total. The zero-order valence-corrected chi connectivity index (χ0v) is 16.1. The molecule has 8 heteroatoms. The molecule has 1 aromatic carbocycles. The first-order chi connectivity index (χ1) is 12.3. The van der Waals surface area contributed by atoms with Crippen LogP contribution in [0, 0.1) is 5.82 Å². The van der Waals surface area contributed by atoms with E-state index in [0.717, 1.165) is 29.5 Å². The van der Waals surface area contributed by atoms with Crippen LogP contribution in [-0.4, -0.2) is 42.4 Å². The highest BCUT2D eigenvalue weighted by Crippen LogP contribution is 2.29. The number of halogens is 1. The van der Waals surface area contributed by atoms with Crippen LogP contribution in [0.3, 0.4) is 0 Å². The van der Waals surface area contributed by atoms with Crippen LogP contribution >= 0.6 is 11.3 Å². The average molecular weight is 397 g/mol. The Morgan fingerprint density at radius 1 is 1.19 bits per heavy atom. The lowest BCUT2D eigenvalue weighted by Gasteiger charge is -2.26. The Labute approximate surface area is 157 Å². The summed E-state index contributed by atoms with van der Waals surface area (Å²) in [6.45, 7) is 0.547. The summed E-state index contributed by atoms with van der Waals surface area (Å²) >= 11 is 1.54. The Hall–Kier alpha value is -1.77. The van der Waals surface area contributed by atoms with E-state index in [4.69, 9.17) is 0 Å². The quantitative estimate of drug-likeness (QED) is 0.689. The van der Waals surface area contributed by atoms with Crippen molar-refractivity contribution in [3.05, 3.63) is 58.0 Å². The molecule has 5 nitrogen and oxygen atoms in total. The summed E-state index contributed by atoms with van der Waals surface area (Å²) in [5.41, 5.74) is 0.800. The maximum atomic E-state index is 13.1. The van der Waals surface area contributed by atoms with Crippen LogP contribution in [0.4, 0.5) is 4.39 Å². The van der Waals surface area contributed by atoms with Gasteiger partial charge in [-0.3, -0.25) is 4.79 Å². The highest BCUT2D eigenvalue weighted by Gasteiger charge is 2.37. The summed E-state index contributed by atoms with van der Waals surface area (Å²) in [6.07, 6.45) is 2.73. The van der Waals surface area contributed by atoms with Crippen molar-refractivity contribution >= 4 is 27.3 Å². The van der Waals surface area contributed by atoms with Gasteiger partial charge in [0.25, 0.3) is 0 Å². The second-order valence-corrected chi connectivity index (χ2v) is 9.46. The number of hydrogen-bond acceptors (Lipinski definition) is 4. The molecule has 1 saturated carbocycles. The minimum absolute atomic E-state index is 0.0663. The van der Waals surface area contributed by atoms with Crippen LogP contribution in [0.25, 0.3) is 0 Å². The van der Waals surface area contributed by atoms with Gasteiger partial charge in [0, 0.05) is 17.5 Å². The highest BCUT2D eigenvalue weighted by atomic mass is 32.2. The van der Waals surface area contributed by atoms with Crippen molar-refractivity contribution in [1.82, 2.24) is 9.21 Å². The van der Waals surface area contributed by atoms with Crippen molar-refractivity contribution in [2.45, 2.75) is 32.0 Å². The SMILES string of the molecule is CS(=O)(=O)N(CC(=O)N(Cc1ccc(F)cc1)Cc1cccs1)C1CC1. The molecule has 1 heterocycles. The lowest BCUT2D eigenvalue weighted by Crippen LogP contribution is -2.43. The van der Waals surface area contributed by atoms with E-state index in [0.29, 0.717) is 13.1 Å². The summed E-state index contributed by atoms with van der Waals surface area (Å²) in [4.78, 5) is 15.5. The first-order valence-electron chi connectivity index (χ1n) is 8.34. The fraction of sp³-hybridized carbons (Fsp3) is 0.389. The number of benzene rings is 1. The van der Waals surface area contributed by atoms with Gasteiger partial charge < -0.3 is 4.90 Å². The zero-order valence-electron chi connectivity index (χ0n) is 14.5. The van der Waals surface area contributed by atoms with Crippen molar-refractivity contribution in [2.75, 3.05) is 12.8 Å². The number of rotatable bonds is 8.